The number of carbonyl (C=O) groups is 1. The van der Waals surface area contributed by atoms with E-state index in [0.29, 0.717) is 11.9 Å². The Bertz CT molecular complexity index is 808. The average Bonchev–Trinajstić information content (AvgIpc) is 2.91. The lowest BCUT2D eigenvalue weighted by Gasteiger charge is -2.08. The van der Waals surface area contributed by atoms with E-state index in [0.717, 1.165) is 11.1 Å². The zero-order chi connectivity index (χ0) is 14.8. The number of fused-ring (bicyclic) bond motifs is 1. The van der Waals surface area contributed by atoms with Crippen molar-refractivity contribution in [2.24, 2.45) is 7.05 Å². The first kappa shape index (κ1) is 13.2. The fourth-order valence-corrected chi connectivity index (χ4v) is 2.26. The largest absolute Gasteiger partial charge is 0.506 e. The van der Waals surface area contributed by atoms with Crippen molar-refractivity contribution >= 4 is 16.7 Å². The highest BCUT2D eigenvalue weighted by molar-refractivity contribution is 6.03. The van der Waals surface area contributed by atoms with Gasteiger partial charge in [-0.2, -0.15) is 5.10 Å². The summed E-state index contributed by atoms with van der Waals surface area (Å²) in [6.07, 6.45) is 1.81. The number of aromatic hydroxyl groups is 1. The summed E-state index contributed by atoms with van der Waals surface area (Å²) in [5, 5.41) is 18.8. The maximum absolute atomic E-state index is 12.2. The second-order valence-electron chi connectivity index (χ2n) is 4.85. The minimum Gasteiger partial charge on any atom is -0.506 e. The van der Waals surface area contributed by atoms with Crippen LogP contribution in [0.5, 0.6) is 5.75 Å². The summed E-state index contributed by atoms with van der Waals surface area (Å²) in [5.41, 5.74) is 1.04. The number of nitrogens with zero attached hydrogens (tertiary/aromatic N) is 2. The van der Waals surface area contributed by atoms with E-state index in [9.17, 15) is 9.90 Å². The second kappa shape index (κ2) is 5.28. The molecule has 0 unspecified atom stereocenters. The zero-order valence-corrected chi connectivity index (χ0v) is 11.6. The van der Waals surface area contributed by atoms with E-state index >= 15 is 0 Å². The number of hydrogen-bond acceptors (Lipinski definition) is 3. The monoisotopic (exact) mass is 281 g/mol. The topological polar surface area (TPSA) is 67.2 Å². The van der Waals surface area contributed by atoms with E-state index in [4.69, 9.17) is 0 Å². The molecule has 0 spiro atoms. The van der Waals surface area contributed by atoms with E-state index in [1.807, 2.05) is 43.6 Å². The fourth-order valence-electron chi connectivity index (χ4n) is 2.26. The predicted molar refractivity (Wildman–Crippen MR) is 80.0 cm³/mol. The van der Waals surface area contributed by atoms with Crippen LogP contribution in [0.25, 0.3) is 10.8 Å². The number of benzene rings is 2. The van der Waals surface area contributed by atoms with Gasteiger partial charge in [-0.05, 0) is 17.5 Å². The van der Waals surface area contributed by atoms with Crippen molar-refractivity contribution < 1.29 is 9.90 Å². The number of aryl methyl sites for hydroxylation is 1. The Morgan fingerprint density at radius 2 is 2.05 bits per heavy atom. The predicted octanol–water partition coefficient (Wildman–Crippen LogP) is 2.21. The third-order valence-corrected chi connectivity index (χ3v) is 3.34. The van der Waals surface area contributed by atoms with Gasteiger partial charge in [0.05, 0.1) is 17.8 Å². The van der Waals surface area contributed by atoms with E-state index < -0.39 is 0 Å². The molecule has 106 valence electrons. The summed E-state index contributed by atoms with van der Waals surface area (Å²) < 4.78 is 1.68. The molecule has 1 heterocycles. The molecule has 1 aromatic heterocycles. The van der Waals surface area contributed by atoms with Crippen LogP contribution in [0, 0.1) is 0 Å². The smallest absolute Gasteiger partial charge is 0.255 e. The van der Waals surface area contributed by atoms with Gasteiger partial charge in [-0.1, -0.05) is 30.3 Å². The number of phenols is 1. The van der Waals surface area contributed by atoms with Crippen LogP contribution in [-0.4, -0.2) is 20.8 Å². The van der Waals surface area contributed by atoms with Gasteiger partial charge in [0.15, 0.2) is 0 Å². The summed E-state index contributed by atoms with van der Waals surface area (Å²) in [5.74, 6) is -0.310. The molecule has 0 fully saturated rings. The van der Waals surface area contributed by atoms with Crippen LogP contribution in [0.2, 0.25) is 0 Å². The molecule has 0 aliphatic heterocycles. The van der Waals surface area contributed by atoms with Crippen LogP contribution < -0.4 is 5.32 Å². The standard InChI is InChI=1S/C16H15N3O2/c1-19-9-8-12(18-19)10-17-16(21)14-7-6-11-4-2-3-5-13(11)15(14)20/h2-9,20H,10H2,1H3,(H,17,21). The molecule has 0 saturated carbocycles. The SMILES string of the molecule is Cn1ccc(CNC(=O)c2ccc3ccccc3c2O)n1. The molecule has 5 heteroatoms. The number of carbonyl (C=O) groups excluding carboxylic acids is 1. The first-order chi connectivity index (χ1) is 10.1. The first-order valence-electron chi connectivity index (χ1n) is 6.62. The van der Waals surface area contributed by atoms with Crippen molar-refractivity contribution in [1.82, 2.24) is 15.1 Å². The summed E-state index contributed by atoms with van der Waals surface area (Å²) >= 11 is 0. The van der Waals surface area contributed by atoms with E-state index in [1.54, 1.807) is 16.8 Å². The fraction of sp³-hybridized carbons (Fsp3) is 0.125. The highest BCUT2D eigenvalue weighted by atomic mass is 16.3. The molecule has 0 saturated heterocycles. The highest BCUT2D eigenvalue weighted by Gasteiger charge is 2.13. The molecule has 0 bridgehead atoms. The van der Waals surface area contributed by atoms with Crippen molar-refractivity contribution in [1.29, 1.82) is 0 Å². The maximum Gasteiger partial charge on any atom is 0.255 e. The number of nitrogens with one attached hydrogen (secondary N) is 1. The van der Waals surface area contributed by atoms with Gasteiger partial charge in [0, 0.05) is 18.6 Å². The van der Waals surface area contributed by atoms with Gasteiger partial charge in [0.1, 0.15) is 5.75 Å². The lowest BCUT2D eigenvalue weighted by molar-refractivity contribution is 0.0948. The Balaban J connectivity index is 1.82. The van der Waals surface area contributed by atoms with Crippen LogP contribution in [0.1, 0.15) is 16.1 Å². The molecule has 2 aromatic carbocycles. The molecule has 0 aliphatic rings. The van der Waals surface area contributed by atoms with Crippen molar-refractivity contribution in [3.05, 3.63) is 59.9 Å². The molecular weight excluding hydrogens is 266 g/mol. The first-order valence-corrected chi connectivity index (χ1v) is 6.62. The average molecular weight is 281 g/mol. The molecule has 0 aliphatic carbocycles. The second-order valence-corrected chi connectivity index (χ2v) is 4.85. The molecule has 0 atom stereocenters. The maximum atomic E-state index is 12.2. The lowest BCUT2D eigenvalue weighted by Crippen LogP contribution is -2.23. The molecule has 3 aromatic rings. The molecule has 5 nitrogen and oxygen atoms in total. The van der Waals surface area contributed by atoms with Crippen molar-refractivity contribution in [2.75, 3.05) is 0 Å². The van der Waals surface area contributed by atoms with Crippen LogP contribution in [0.3, 0.4) is 0 Å². The third-order valence-electron chi connectivity index (χ3n) is 3.34. The van der Waals surface area contributed by atoms with Gasteiger partial charge < -0.3 is 10.4 Å². The van der Waals surface area contributed by atoms with Crippen molar-refractivity contribution in [3.8, 4) is 5.75 Å². The molecular formula is C16H15N3O2. The van der Waals surface area contributed by atoms with Gasteiger partial charge >= 0.3 is 0 Å². The van der Waals surface area contributed by atoms with Crippen LogP contribution >= 0.6 is 0 Å². The summed E-state index contributed by atoms with van der Waals surface area (Å²) in [4.78, 5) is 12.2. The Morgan fingerprint density at radius 1 is 1.24 bits per heavy atom. The number of rotatable bonds is 3. The van der Waals surface area contributed by atoms with Gasteiger partial charge in [0.2, 0.25) is 0 Å². The van der Waals surface area contributed by atoms with E-state index in [2.05, 4.69) is 10.4 Å². The Labute approximate surface area is 121 Å². The summed E-state index contributed by atoms with van der Waals surface area (Å²) in [6, 6.07) is 12.7. The van der Waals surface area contributed by atoms with Crippen LogP contribution in [0.15, 0.2) is 48.7 Å². The number of hydrogen-bond donors (Lipinski definition) is 2. The number of phenolic OH excluding ortho intramolecular Hbond substituents is 1. The summed E-state index contributed by atoms with van der Waals surface area (Å²) in [6.45, 7) is 0.325. The van der Waals surface area contributed by atoms with Gasteiger partial charge in [0.25, 0.3) is 5.91 Å². The molecule has 3 rings (SSSR count). The van der Waals surface area contributed by atoms with Gasteiger partial charge in [-0.15, -0.1) is 0 Å². The minimum atomic E-state index is -0.316. The minimum absolute atomic E-state index is 0.00613. The number of amides is 1. The van der Waals surface area contributed by atoms with Gasteiger partial charge in [-0.3, -0.25) is 9.48 Å². The van der Waals surface area contributed by atoms with Crippen LogP contribution in [0.4, 0.5) is 0 Å². The van der Waals surface area contributed by atoms with E-state index in [-0.39, 0.29) is 17.2 Å². The summed E-state index contributed by atoms with van der Waals surface area (Å²) in [7, 11) is 1.82. The lowest BCUT2D eigenvalue weighted by atomic mass is 10.0. The van der Waals surface area contributed by atoms with Crippen molar-refractivity contribution in [3.63, 3.8) is 0 Å². The van der Waals surface area contributed by atoms with Crippen LogP contribution in [-0.2, 0) is 13.6 Å². The Morgan fingerprint density at radius 3 is 2.81 bits per heavy atom. The molecule has 2 N–H and O–H groups in total. The third kappa shape index (κ3) is 2.58. The zero-order valence-electron chi connectivity index (χ0n) is 11.6. The Kier molecular flexibility index (Phi) is 3.31. The van der Waals surface area contributed by atoms with Gasteiger partial charge in [-0.25, -0.2) is 0 Å². The van der Waals surface area contributed by atoms with Crippen molar-refractivity contribution in [2.45, 2.75) is 6.54 Å². The Hall–Kier alpha value is -2.82. The quantitative estimate of drug-likeness (QED) is 0.773. The number of aromatic nitrogens is 2. The van der Waals surface area contributed by atoms with E-state index in [1.165, 1.54) is 0 Å². The molecule has 1 amide bonds. The highest BCUT2D eigenvalue weighted by Crippen LogP contribution is 2.28. The normalized spacial score (nSPS) is 10.7. The molecule has 0 radical (unpaired) electrons. The molecule has 21 heavy (non-hydrogen) atoms.